The van der Waals surface area contributed by atoms with Crippen molar-refractivity contribution in [3.63, 3.8) is 0 Å². The molecular weight excluding hydrogens is 345 g/mol. The van der Waals surface area contributed by atoms with Crippen molar-refractivity contribution < 1.29 is 23.1 Å². The Morgan fingerprint density at radius 1 is 1.37 bits per heavy atom. The molecule has 0 aliphatic rings. The Balaban J connectivity index is 2.98. The van der Waals surface area contributed by atoms with Gasteiger partial charge < -0.3 is 9.79 Å². The molecule has 0 atom stereocenters. The molecule has 0 saturated heterocycles. The fourth-order valence-electron chi connectivity index (χ4n) is 1.36. The average Bonchev–Trinajstić information content (AvgIpc) is 2.27. The molecule has 9 heteroatoms. The van der Waals surface area contributed by atoms with Gasteiger partial charge in [-0.15, -0.1) is 0 Å². The van der Waals surface area contributed by atoms with E-state index >= 15 is 0 Å². The molecule has 0 bridgehead atoms. The number of rotatable bonds is 6. The summed E-state index contributed by atoms with van der Waals surface area (Å²) in [5.74, 6) is 0. The Bertz CT molecular complexity index is 496. The molecule has 0 heterocycles. The van der Waals surface area contributed by atoms with E-state index in [4.69, 9.17) is 9.79 Å². The molecule has 0 aliphatic heterocycles. The minimum absolute atomic E-state index is 0.0448. The second kappa shape index (κ2) is 6.39. The molecule has 0 spiro atoms. The van der Waals surface area contributed by atoms with E-state index in [0.717, 1.165) is 6.07 Å². The van der Waals surface area contributed by atoms with Gasteiger partial charge in [0.2, 0.25) is 0 Å². The summed E-state index contributed by atoms with van der Waals surface area (Å²) in [5, 5.41) is 0. The topological polar surface area (TPSA) is 81.6 Å². The van der Waals surface area contributed by atoms with Crippen LogP contribution in [0.25, 0.3) is 0 Å². The van der Waals surface area contributed by atoms with Crippen LogP contribution in [0.15, 0.2) is 22.7 Å². The van der Waals surface area contributed by atoms with Crippen molar-refractivity contribution in [1.29, 1.82) is 0 Å². The average molecular weight is 359 g/mol. The molecule has 1 rings (SSSR count). The molecule has 0 unspecified atom stereocenters. The van der Waals surface area contributed by atoms with Crippen molar-refractivity contribution in [2.75, 3.05) is 6.54 Å². The van der Waals surface area contributed by atoms with E-state index in [1.807, 2.05) is 6.92 Å². The number of halogens is 3. The van der Waals surface area contributed by atoms with Crippen molar-refractivity contribution in [3.05, 3.63) is 33.8 Å². The van der Waals surface area contributed by atoms with Gasteiger partial charge in [0.05, 0.1) is 0 Å². The second-order valence-electron chi connectivity index (χ2n) is 3.78. The van der Waals surface area contributed by atoms with Crippen LogP contribution >= 0.6 is 23.5 Å². The van der Waals surface area contributed by atoms with Gasteiger partial charge in [-0.2, -0.15) is 8.78 Å². The van der Waals surface area contributed by atoms with Gasteiger partial charge in [0, 0.05) is 23.1 Å². The molecule has 108 valence electrons. The van der Waals surface area contributed by atoms with Crippen LogP contribution in [0, 0.1) is 0 Å². The Labute approximate surface area is 117 Å². The van der Waals surface area contributed by atoms with E-state index in [2.05, 4.69) is 26.8 Å². The maximum Gasteiger partial charge on any atom is 0.399 e. The highest BCUT2D eigenvalue weighted by atomic mass is 79.9. The Morgan fingerprint density at radius 2 is 2.00 bits per heavy atom. The summed E-state index contributed by atoms with van der Waals surface area (Å²) in [4.78, 5) is 17.4. The number of hydrogen-bond donors (Lipinski definition) is 4. The first-order valence-corrected chi connectivity index (χ1v) is 7.78. The Morgan fingerprint density at radius 3 is 2.47 bits per heavy atom. The molecule has 5 nitrogen and oxygen atoms in total. The molecule has 0 aliphatic carbocycles. The quantitative estimate of drug-likeness (QED) is 0.356. The van der Waals surface area contributed by atoms with E-state index in [-0.39, 0.29) is 4.47 Å². The standard InChI is InChI=1S/C10H14BrF2N2O3P/c1-2-14-15-6-7-3-4-8(9(11)5-7)10(12,13)19(16,17)18/h3-5,14-15H,2,6H2,1H3,(H2,16,17,18). The van der Waals surface area contributed by atoms with Crippen LogP contribution < -0.4 is 10.9 Å². The zero-order valence-corrected chi connectivity index (χ0v) is 12.5. The van der Waals surface area contributed by atoms with Gasteiger partial charge in [-0.25, -0.2) is 0 Å². The number of alkyl halides is 2. The van der Waals surface area contributed by atoms with E-state index in [0.29, 0.717) is 18.7 Å². The summed E-state index contributed by atoms with van der Waals surface area (Å²) in [6.45, 7) is 3.00. The third-order valence-corrected chi connectivity index (χ3v) is 3.95. The number of hydrazine groups is 1. The summed E-state index contributed by atoms with van der Waals surface area (Å²) in [5.41, 5.74) is 1.46. The van der Waals surface area contributed by atoms with E-state index in [9.17, 15) is 13.3 Å². The van der Waals surface area contributed by atoms with Crippen LogP contribution in [0.4, 0.5) is 8.78 Å². The van der Waals surface area contributed by atoms with Crippen molar-refractivity contribution >= 4 is 23.5 Å². The third-order valence-electron chi connectivity index (χ3n) is 2.32. The van der Waals surface area contributed by atoms with E-state index in [1.54, 1.807) is 0 Å². The van der Waals surface area contributed by atoms with Gasteiger partial charge in [-0.05, 0) is 11.6 Å². The first-order valence-electron chi connectivity index (χ1n) is 5.38. The lowest BCUT2D eigenvalue weighted by molar-refractivity contribution is 0.0557. The van der Waals surface area contributed by atoms with Crippen LogP contribution in [-0.4, -0.2) is 16.3 Å². The lowest BCUT2D eigenvalue weighted by Crippen LogP contribution is -2.30. The summed E-state index contributed by atoms with van der Waals surface area (Å²) < 4.78 is 37.8. The van der Waals surface area contributed by atoms with Crippen LogP contribution in [0.3, 0.4) is 0 Å². The lowest BCUT2D eigenvalue weighted by atomic mass is 10.1. The highest BCUT2D eigenvalue weighted by Gasteiger charge is 2.51. The summed E-state index contributed by atoms with van der Waals surface area (Å²) in [6, 6.07) is 3.78. The van der Waals surface area contributed by atoms with Gasteiger partial charge in [0.15, 0.2) is 0 Å². The normalized spacial score (nSPS) is 12.7. The Hall–Kier alpha value is -0.370. The van der Waals surface area contributed by atoms with Crippen molar-refractivity contribution in [1.82, 2.24) is 10.9 Å². The van der Waals surface area contributed by atoms with Gasteiger partial charge in [-0.1, -0.05) is 35.0 Å². The maximum absolute atomic E-state index is 13.5. The minimum atomic E-state index is -5.55. The fraction of sp³-hybridized carbons (Fsp3) is 0.400. The SMILES string of the molecule is CCNNCc1ccc(C(F)(F)P(=O)(O)O)c(Br)c1. The lowest BCUT2D eigenvalue weighted by Gasteiger charge is -2.19. The number of benzene rings is 1. The number of nitrogens with one attached hydrogen (secondary N) is 2. The molecule has 0 saturated carbocycles. The van der Waals surface area contributed by atoms with Crippen molar-refractivity contribution in [2.24, 2.45) is 0 Å². The van der Waals surface area contributed by atoms with Gasteiger partial charge in [0.1, 0.15) is 0 Å². The monoisotopic (exact) mass is 358 g/mol. The van der Waals surface area contributed by atoms with Crippen LogP contribution in [0.2, 0.25) is 0 Å². The summed E-state index contributed by atoms with van der Waals surface area (Å²) >= 11 is 2.91. The van der Waals surface area contributed by atoms with E-state index < -0.39 is 18.8 Å². The summed E-state index contributed by atoms with van der Waals surface area (Å²) in [7, 11) is -5.55. The molecule has 0 radical (unpaired) electrons. The first kappa shape index (κ1) is 16.7. The highest BCUT2D eigenvalue weighted by molar-refractivity contribution is 9.10. The summed E-state index contributed by atoms with van der Waals surface area (Å²) in [6.07, 6.45) is 0. The van der Waals surface area contributed by atoms with Crippen molar-refractivity contribution in [3.8, 4) is 0 Å². The fourth-order valence-corrected chi connectivity index (χ4v) is 2.70. The zero-order chi connectivity index (χ0) is 14.7. The molecule has 4 N–H and O–H groups in total. The molecule has 1 aromatic carbocycles. The van der Waals surface area contributed by atoms with E-state index in [1.165, 1.54) is 12.1 Å². The predicted octanol–water partition coefficient (Wildman–Crippen LogP) is 2.29. The van der Waals surface area contributed by atoms with Gasteiger partial charge >= 0.3 is 13.3 Å². The van der Waals surface area contributed by atoms with Gasteiger partial charge in [0.25, 0.3) is 0 Å². The smallest absolute Gasteiger partial charge is 0.320 e. The zero-order valence-electron chi connectivity index (χ0n) is 10.0. The molecule has 0 fully saturated rings. The largest absolute Gasteiger partial charge is 0.399 e. The molecule has 0 amide bonds. The number of hydrogen-bond acceptors (Lipinski definition) is 3. The van der Waals surface area contributed by atoms with Crippen molar-refractivity contribution in [2.45, 2.75) is 19.1 Å². The first-order chi connectivity index (χ1) is 8.70. The minimum Gasteiger partial charge on any atom is -0.320 e. The highest BCUT2D eigenvalue weighted by Crippen LogP contribution is 2.60. The van der Waals surface area contributed by atoms with Crippen LogP contribution in [0.1, 0.15) is 18.1 Å². The second-order valence-corrected chi connectivity index (χ2v) is 6.29. The third kappa shape index (κ3) is 4.05. The molecule has 19 heavy (non-hydrogen) atoms. The molecule has 0 aromatic heterocycles. The maximum atomic E-state index is 13.5. The Kier molecular flexibility index (Phi) is 5.61. The van der Waals surface area contributed by atoms with Crippen LogP contribution in [0.5, 0.6) is 0 Å². The van der Waals surface area contributed by atoms with Crippen LogP contribution in [-0.2, 0) is 16.8 Å². The predicted molar refractivity (Wildman–Crippen MR) is 70.6 cm³/mol. The molecule has 1 aromatic rings. The molecular formula is C10H14BrF2N2O3P. The van der Waals surface area contributed by atoms with Gasteiger partial charge in [-0.3, -0.25) is 15.4 Å².